The van der Waals surface area contributed by atoms with E-state index in [0.717, 1.165) is 36.7 Å². The minimum atomic E-state index is 0.0545. The van der Waals surface area contributed by atoms with Gasteiger partial charge in [-0.2, -0.15) is 0 Å². The normalized spacial score (nSPS) is 25.4. The summed E-state index contributed by atoms with van der Waals surface area (Å²) in [5, 5.41) is 0. The number of hydrogen-bond donors (Lipinski definition) is 1. The largest absolute Gasteiger partial charge is 0.313 e. The average molecular weight is 219 g/mol. The van der Waals surface area contributed by atoms with E-state index in [0.29, 0.717) is 6.04 Å². The maximum atomic E-state index is 11.7. The van der Waals surface area contributed by atoms with Crippen molar-refractivity contribution in [2.75, 3.05) is 6.54 Å². The summed E-state index contributed by atoms with van der Waals surface area (Å²) in [6, 6.07) is 1.11. The Morgan fingerprint density at radius 1 is 1.56 bits per heavy atom. The SMILES string of the molecule is CCC1c2nc[nH]c(=O)c2CCN1C1CC1. The molecule has 4 heteroatoms. The molecule has 1 N–H and O–H groups in total. The summed E-state index contributed by atoms with van der Waals surface area (Å²) in [5.74, 6) is 0. The lowest BCUT2D eigenvalue weighted by atomic mass is 9.97. The second-order valence-electron chi connectivity index (χ2n) is 4.74. The molecule has 1 saturated carbocycles. The van der Waals surface area contributed by atoms with Crippen LogP contribution in [0, 0.1) is 0 Å². The third-order valence-electron chi connectivity index (χ3n) is 3.72. The Labute approximate surface area is 94.7 Å². The van der Waals surface area contributed by atoms with Gasteiger partial charge in [0, 0.05) is 18.2 Å². The number of rotatable bonds is 2. The van der Waals surface area contributed by atoms with Crippen molar-refractivity contribution >= 4 is 0 Å². The third kappa shape index (κ3) is 1.48. The molecule has 0 spiro atoms. The van der Waals surface area contributed by atoms with Gasteiger partial charge < -0.3 is 4.98 Å². The number of aromatic amines is 1. The molecule has 3 rings (SSSR count). The molecule has 0 saturated heterocycles. The minimum absolute atomic E-state index is 0.0545. The first-order chi connectivity index (χ1) is 7.81. The summed E-state index contributed by atoms with van der Waals surface area (Å²) in [4.78, 5) is 21.3. The zero-order valence-corrected chi connectivity index (χ0v) is 9.57. The van der Waals surface area contributed by atoms with Crippen molar-refractivity contribution in [2.24, 2.45) is 0 Å². The summed E-state index contributed by atoms with van der Waals surface area (Å²) in [7, 11) is 0. The molecule has 1 aromatic rings. The molecule has 0 aromatic carbocycles. The highest BCUT2D eigenvalue weighted by atomic mass is 16.1. The molecule has 4 nitrogen and oxygen atoms in total. The third-order valence-corrected chi connectivity index (χ3v) is 3.72. The molecular weight excluding hydrogens is 202 g/mol. The predicted octanol–water partition coefficient (Wildman–Crippen LogP) is 1.24. The van der Waals surface area contributed by atoms with Crippen LogP contribution in [0.25, 0.3) is 0 Å². The second-order valence-corrected chi connectivity index (χ2v) is 4.74. The summed E-state index contributed by atoms with van der Waals surface area (Å²) in [6.07, 6.45) is 6.07. The van der Waals surface area contributed by atoms with Gasteiger partial charge in [0.15, 0.2) is 0 Å². The summed E-state index contributed by atoms with van der Waals surface area (Å²) in [6.45, 7) is 3.20. The van der Waals surface area contributed by atoms with Gasteiger partial charge in [-0.3, -0.25) is 9.69 Å². The Balaban J connectivity index is 2.02. The van der Waals surface area contributed by atoms with Gasteiger partial charge in [-0.05, 0) is 25.7 Å². The molecule has 1 aromatic heterocycles. The van der Waals surface area contributed by atoms with Crippen LogP contribution >= 0.6 is 0 Å². The van der Waals surface area contributed by atoms with E-state index in [1.165, 1.54) is 12.8 Å². The first kappa shape index (κ1) is 10.0. The fraction of sp³-hybridized carbons (Fsp3) is 0.667. The molecule has 2 aliphatic rings. The van der Waals surface area contributed by atoms with Crippen LogP contribution in [0.15, 0.2) is 11.1 Å². The highest BCUT2D eigenvalue weighted by molar-refractivity contribution is 5.24. The van der Waals surface area contributed by atoms with Crippen LogP contribution in [0.4, 0.5) is 0 Å². The highest BCUT2D eigenvalue weighted by Gasteiger charge is 2.38. The van der Waals surface area contributed by atoms with Crippen molar-refractivity contribution in [1.82, 2.24) is 14.9 Å². The average Bonchev–Trinajstić information content (AvgIpc) is 3.12. The van der Waals surface area contributed by atoms with E-state index in [-0.39, 0.29) is 5.56 Å². The predicted molar refractivity (Wildman–Crippen MR) is 61.3 cm³/mol. The molecule has 2 heterocycles. The number of H-pyrrole nitrogens is 1. The van der Waals surface area contributed by atoms with Gasteiger partial charge in [-0.1, -0.05) is 6.92 Å². The molecule has 1 aliphatic carbocycles. The van der Waals surface area contributed by atoms with Gasteiger partial charge in [0.2, 0.25) is 0 Å². The maximum Gasteiger partial charge on any atom is 0.254 e. The zero-order valence-electron chi connectivity index (χ0n) is 9.57. The standard InChI is InChI=1S/C12H17N3O/c1-2-10-11-9(12(16)14-7-13-11)5-6-15(10)8-3-4-8/h7-8,10H,2-6H2,1H3,(H,13,14,16). The van der Waals surface area contributed by atoms with Crippen molar-refractivity contribution < 1.29 is 0 Å². The smallest absolute Gasteiger partial charge is 0.254 e. The van der Waals surface area contributed by atoms with E-state index < -0.39 is 0 Å². The topological polar surface area (TPSA) is 49.0 Å². The van der Waals surface area contributed by atoms with Crippen molar-refractivity contribution in [2.45, 2.75) is 44.7 Å². The minimum Gasteiger partial charge on any atom is -0.313 e. The summed E-state index contributed by atoms with van der Waals surface area (Å²) >= 11 is 0. The summed E-state index contributed by atoms with van der Waals surface area (Å²) < 4.78 is 0. The molecule has 1 fully saturated rings. The second kappa shape index (κ2) is 3.70. The lowest BCUT2D eigenvalue weighted by molar-refractivity contribution is 0.165. The Hall–Kier alpha value is -1.16. The summed E-state index contributed by atoms with van der Waals surface area (Å²) in [5.41, 5.74) is 1.98. The van der Waals surface area contributed by atoms with E-state index in [2.05, 4.69) is 21.8 Å². The lowest BCUT2D eigenvalue weighted by Gasteiger charge is -2.35. The van der Waals surface area contributed by atoms with Gasteiger partial charge in [-0.25, -0.2) is 4.98 Å². The van der Waals surface area contributed by atoms with Crippen LogP contribution in [0.1, 0.15) is 43.5 Å². The monoisotopic (exact) mass is 219 g/mol. The molecule has 86 valence electrons. The Kier molecular flexibility index (Phi) is 2.32. The molecule has 0 bridgehead atoms. The number of fused-ring (bicyclic) bond motifs is 1. The Morgan fingerprint density at radius 3 is 3.06 bits per heavy atom. The number of nitrogens with zero attached hydrogens (tertiary/aromatic N) is 2. The van der Waals surface area contributed by atoms with E-state index >= 15 is 0 Å². The molecular formula is C12H17N3O. The fourth-order valence-electron chi connectivity index (χ4n) is 2.80. The van der Waals surface area contributed by atoms with Crippen LogP contribution in [0.2, 0.25) is 0 Å². The molecule has 0 amide bonds. The molecule has 0 radical (unpaired) electrons. The van der Waals surface area contributed by atoms with Crippen LogP contribution in [-0.4, -0.2) is 27.5 Å². The van der Waals surface area contributed by atoms with Crippen molar-refractivity contribution in [1.29, 1.82) is 0 Å². The van der Waals surface area contributed by atoms with E-state index in [4.69, 9.17) is 0 Å². The first-order valence-electron chi connectivity index (χ1n) is 6.13. The molecule has 1 unspecified atom stereocenters. The van der Waals surface area contributed by atoms with Crippen LogP contribution in [0.3, 0.4) is 0 Å². The van der Waals surface area contributed by atoms with Gasteiger partial charge in [0.1, 0.15) is 0 Å². The van der Waals surface area contributed by atoms with E-state index in [9.17, 15) is 4.79 Å². The first-order valence-corrected chi connectivity index (χ1v) is 6.13. The highest BCUT2D eigenvalue weighted by Crippen LogP contribution is 2.38. The van der Waals surface area contributed by atoms with E-state index in [1.54, 1.807) is 6.33 Å². The van der Waals surface area contributed by atoms with Crippen LogP contribution < -0.4 is 5.56 Å². The number of hydrogen-bond acceptors (Lipinski definition) is 3. The van der Waals surface area contributed by atoms with Gasteiger partial charge in [0.05, 0.1) is 18.1 Å². The Bertz CT molecular complexity index is 450. The van der Waals surface area contributed by atoms with Crippen molar-refractivity contribution in [3.63, 3.8) is 0 Å². The number of nitrogens with one attached hydrogen (secondary N) is 1. The van der Waals surface area contributed by atoms with Gasteiger partial charge in [-0.15, -0.1) is 0 Å². The number of aromatic nitrogens is 2. The van der Waals surface area contributed by atoms with Crippen molar-refractivity contribution in [3.8, 4) is 0 Å². The van der Waals surface area contributed by atoms with Crippen LogP contribution in [0.5, 0.6) is 0 Å². The molecule has 1 aliphatic heterocycles. The zero-order chi connectivity index (χ0) is 11.1. The molecule has 1 atom stereocenters. The van der Waals surface area contributed by atoms with E-state index in [1.807, 2.05) is 0 Å². The fourth-order valence-corrected chi connectivity index (χ4v) is 2.80. The van der Waals surface area contributed by atoms with Gasteiger partial charge in [0.25, 0.3) is 5.56 Å². The maximum absolute atomic E-state index is 11.7. The molecule has 16 heavy (non-hydrogen) atoms. The van der Waals surface area contributed by atoms with Crippen LogP contribution in [-0.2, 0) is 6.42 Å². The lowest BCUT2D eigenvalue weighted by Crippen LogP contribution is -2.40. The Morgan fingerprint density at radius 2 is 2.38 bits per heavy atom. The van der Waals surface area contributed by atoms with Gasteiger partial charge >= 0.3 is 0 Å². The van der Waals surface area contributed by atoms with Crippen molar-refractivity contribution in [3.05, 3.63) is 27.9 Å². The quantitative estimate of drug-likeness (QED) is 0.814.